The zero-order valence-corrected chi connectivity index (χ0v) is 13.7. The second-order valence-corrected chi connectivity index (χ2v) is 15.1. The largest absolute Gasteiger partial charge is 0.531 e. The van der Waals surface area contributed by atoms with Crippen LogP contribution in [0.5, 0.6) is 5.88 Å². The van der Waals surface area contributed by atoms with Crippen LogP contribution in [0.15, 0.2) is 18.3 Å². The van der Waals surface area contributed by atoms with E-state index in [4.69, 9.17) is 8.85 Å². The van der Waals surface area contributed by atoms with Gasteiger partial charge in [-0.25, -0.2) is 4.98 Å². The minimum Gasteiger partial charge on any atom is -0.531 e. The Morgan fingerprint density at radius 2 is 1.71 bits per heavy atom. The molecule has 17 heavy (non-hydrogen) atoms. The van der Waals surface area contributed by atoms with Crippen LogP contribution in [0.3, 0.4) is 0 Å². The van der Waals surface area contributed by atoms with Crippen LogP contribution in [0.25, 0.3) is 0 Å². The molecular weight excluding hydrogens is 246 g/mol. The molecule has 0 aliphatic heterocycles. The number of nitrogens with zero attached hydrogens (tertiary/aromatic N) is 1. The van der Waals surface area contributed by atoms with Gasteiger partial charge in [0.2, 0.25) is 8.32 Å². The maximum atomic E-state index is 5.87. The van der Waals surface area contributed by atoms with Crippen LogP contribution in [0, 0.1) is 0 Å². The second-order valence-electron chi connectivity index (χ2n) is 6.12. The predicted octanol–water partition coefficient (Wildman–Crippen LogP) is 3.65. The fourth-order valence-electron chi connectivity index (χ4n) is 1.21. The summed E-state index contributed by atoms with van der Waals surface area (Å²) < 4.78 is 11.7. The molecule has 1 heterocycles. The molecule has 1 aromatic rings. The highest BCUT2D eigenvalue weighted by atomic mass is 28.4. The Morgan fingerprint density at radius 3 is 2.24 bits per heavy atom. The van der Waals surface area contributed by atoms with E-state index in [0.717, 1.165) is 11.4 Å². The Bertz CT molecular complexity index is 370. The highest BCUT2D eigenvalue weighted by molar-refractivity contribution is 6.70. The summed E-state index contributed by atoms with van der Waals surface area (Å²) in [4.78, 5) is 4.24. The molecule has 0 fully saturated rings. The van der Waals surface area contributed by atoms with Crippen LogP contribution < -0.4 is 4.43 Å². The summed E-state index contributed by atoms with van der Waals surface area (Å²) in [6, 6.07) is 3.97. The Labute approximate surface area is 106 Å². The SMILES string of the molecule is C[Si](C)(C)OCc1ccnc(O[Si](C)(C)C)c1. The molecule has 96 valence electrons. The van der Waals surface area contributed by atoms with Gasteiger partial charge in [0, 0.05) is 12.3 Å². The fourth-order valence-corrected chi connectivity index (χ4v) is 2.55. The lowest BCUT2D eigenvalue weighted by atomic mass is 10.3. The molecule has 0 radical (unpaired) electrons. The summed E-state index contributed by atoms with van der Waals surface area (Å²) in [5, 5.41) is 0. The zero-order chi connectivity index (χ0) is 13.1. The molecule has 5 heteroatoms. The predicted molar refractivity (Wildman–Crippen MR) is 76.3 cm³/mol. The van der Waals surface area contributed by atoms with E-state index in [1.807, 2.05) is 12.1 Å². The highest BCUT2D eigenvalue weighted by Crippen LogP contribution is 2.16. The molecular formula is C12H23NO2Si2. The molecule has 1 aromatic heterocycles. The van der Waals surface area contributed by atoms with Gasteiger partial charge in [-0.1, -0.05) is 0 Å². The van der Waals surface area contributed by atoms with E-state index in [2.05, 4.69) is 44.3 Å². The van der Waals surface area contributed by atoms with Crippen molar-refractivity contribution in [3.05, 3.63) is 23.9 Å². The number of pyridine rings is 1. The molecule has 1 rings (SSSR count). The Hall–Kier alpha value is -0.656. The summed E-state index contributed by atoms with van der Waals surface area (Å²) >= 11 is 0. The topological polar surface area (TPSA) is 31.4 Å². The molecule has 0 unspecified atom stereocenters. The third-order valence-corrected chi connectivity index (χ3v) is 3.71. The standard InChI is InChI=1S/C12H23NO2Si2/c1-16(2,3)14-10-11-7-8-13-12(9-11)15-17(4,5)6/h7-9H,10H2,1-6H3. The third kappa shape index (κ3) is 6.60. The highest BCUT2D eigenvalue weighted by Gasteiger charge is 2.18. The van der Waals surface area contributed by atoms with E-state index in [9.17, 15) is 0 Å². The number of rotatable bonds is 5. The molecule has 0 spiro atoms. The van der Waals surface area contributed by atoms with E-state index < -0.39 is 16.6 Å². The van der Waals surface area contributed by atoms with Crippen LogP contribution in [-0.2, 0) is 11.0 Å². The Morgan fingerprint density at radius 1 is 1.06 bits per heavy atom. The second kappa shape index (κ2) is 5.33. The minimum absolute atomic E-state index is 0.653. The zero-order valence-electron chi connectivity index (χ0n) is 11.7. The van der Waals surface area contributed by atoms with Crippen molar-refractivity contribution >= 4 is 16.6 Å². The van der Waals surface area contributed by atoms with E-state index in [0.29, 0.717) is 6.61 Å². The first kappa shape index (κ1) is 14.4. The lowest BCUT2D eigenvalue weighted by Gasteiger charge is -2.20. The monoisotopic (exact) mass is 269 g/mol. The molecule has 0 atom stereocenters. The van der Waals surface area contributed by atoms with Crippen LogP contribution >= 0.6 is 0 Å². The van der Waals surface area contributed by atoms with E-state index in [-0.39, 0.29) is 0 Å². The smallest absolute Gasteiger partial charge is 0.244 e. The molecule has 0 aliphatic carbocycles. The van der Waals surface area contributed by atoms with Crippen molar-refractivity contribution in [1.82, 2.24) is 4.98 Å². The normalized spacial score (nSPS) is 12.6. The van der Waals surface area contributed by atoms with Gasteiger partial charge in [0.15, 0.2) is 14.2 Å². The summed E-state index contributed by atoms with van der Waals surface area (Å²) in [6.45, 7) is 13.7. The Kier molecular flexibility index (Phi) is 4.51. The van der Waals surface area contributed by atoms with Crippen molar-refractivity contribution in [3.8, 4) is 5.88 Å². The molecule has 0 amide bonds. The molecule has 0 saturated heterocycles. The lowest BCUT2D eigenvalue weighted by molar-refractivity contribution is 0.299. The summed E-state index contributed by atoms with van der Waals surface area (Å²) in [7, 11) is -3.03. The van der Waals surface area contributed by atoms with Crippen molar-refractivity contribution < 1.29 is 8.85 Å². The van der Waals surface area contributed by atoms with Gasteiger partial charge in [0.25, 0.3) is 0 Å². The van der Waals surface area contributed by atoms with Gasteiger partial charge in [-0.05, 0) is 50.9 Å². The van der Waals surface area contributed by atoms with E-state index in [1.54, 1.807) is 6.20 Å². The maximum absolute atomic E-state index is 5.87. The first-order valence-electron chi connectivity index (χ1n) is 5.94. The first-order valence-corrected chi connectivity index (χ1v) is 12.8. The molecule has 0 aromatic carbocycles. The van der Waals surface area contributed by atoms with Gasteiger partial charge in [-0.2, -0.15) is 0 Å². The van der Waals surface area contributed by atoms with Gasteiger partial charge in [-0.3, -0.25) is 0 Å². The molecule has 0 saturated carbocycles. The summed E-state index contributed by atoms with van der Waals surface area (Å²) in [6.07, 6.45) is 1.79. The Balaban J connectivity index is 2.66. The fraction of sp³-hybridized carbons (Fsp3) is 0.583. The summed E-state index contributed by atoms with van der Waals surface area (Å²) in [5.41, 5.74) is 1.13. The minimum atomic E-state index is -1.58. The van der Waals surface area contributed by atoms with Gasteiger partial charge in [0.1, 0.15) is 0 Å². The van der Waals surface area contributed by atoms with Gasteiger partial charge >= 0.3 is 0 Å². The molecule has 0 bridgehead atoms. The average Bonchev–Trinajstić information content (AvgIpc) is 2.11. The van der Waals surface area contributed by atoms with Crippen LogP contribution in [0.4, 0.5) is 0 Å². The number of aromatic nitrogens is 1. The van der Waals surface area contributed by atoms with Crippen LogP contribution in [0.1, 0.15) is 5.56 Å². The third-order valence-electron chi connectivity index (χ3n) is 1.88. The van der Waals surface area contributed by atoms with Gasteiger partial charge in [0.05, 0.1) is 6.61 Å². The van der Waals surface area contributed by atoms with Crippen molar-refractivity contribution in [3.63, 3.8) is 0 Å². The van der Waals surface area contributed by atoms with Gasteiger partial charge < -0.3 is 8.85 Å². The number of hydrogen-bond acceptors (Lipinski definition) is 3. The first-order chi connectivity index (χ1) is 7.66. The van der Waals surface area contributed by atoms with Crippen molar-refractivity contribution in [1.29, 1.82) is 0 Å². The lowest BCUT2D eigenvalue weighted by Crippen LogP contribution is -2.29. The van der Waals surface area contributed by atoms with Crippen molar-refractivity contribution in [2.75, 3.05) is 0 Å². The van der Waals surface area contributed by atoms with Crippen molar-refractivity contribution in [2.45, 2.75) is 45.9 Å². The average molecular weight is 269 g/mol. The van der Waals surface area contributed by atoms with Crippen LogP contribution in [-0.4, -0.2) is 21.6 Å². The quantitative estimate of drug-likeness (QED) is 0.765. The maximum Gasteiger partial charge on any atom is 0.244 e. The molecule has 0 N–H and O–H groups in total. The summed E-state index contributed by atoms with van der Waals surface area (Å²) in [5.74, 6) is 0.723. The van der Waals surface area contributed by atoms with Crippen molar-refractivity contribution in [2.24, 2.45) is 0 Å². The number of hydrogen-bond donors (Lipinski definition) is 0. The molecule has 3 nitrogen and oxygen atoms in total. The van der Waals surface area contributed by atoms with E-state index in [1.165, 1.54) is 0 Å². The van der Waals surface area contributed by atoms with Gasteiger partial charge in [-0.15, -0.1) is 0 Å². The van der Waals surface area contributed by atoms with Crippen LogP contribution in [0.2, 0.25) is 39.3 Å². The van der Waals surface area contributed by atoms with E-state index >= 15 is 0 Å². The molecule has 0 aliphatic rings.